The van der Waals surface area contributed by atoms with Crippen molar-refractivity contribution in [3.05, 3.63) is 100 Å². The first-order chi connectivity index (χ1) is 13.2. The Morgan fingerprint density at radius 1 is 1.04 bits per heavy atom. The maximum absolute atomic E-state index is 12.8. The maximum atomic E-state index is 12.8. The largest absolute Gasteiger partial charge is 0.497 e. The van der Waals surface area contributed by atoms with E-state index >= 15 is 0 Å². The number of ketones is 1. The fourth-order valence-electron chi connectivity index (χ4n) is 3.15. The van der Waals surface area contributed by atoms with Crippen LogP contribution in [0.25, 0.3) is 10.9 Å². The van der Waals surface area contributed by atoms with Crippen molar-refractivity contribution in [1.29, 1.82) is 0 Å². The lowest BCUT2D eigenvalue weighted by atomic mass is 10.1. The molecule has 2 aromatic heterocycles. The molecule has 0 aliphatic carbocycles. The lowest BCUT2D eigenvalue weighted by Gasteiger charge is -2.10. The van der Waals surface area contributed by atoms with Gasteiger partial charge in [-0.1, -0.05) is 30.3 Å². The normalized spacial score (nSPS) is 10.9. The molecule has 4 rings (SSSR count). The molecule has 1 N–H and O–H groups in total. The van der Waals surface area contributed by atoms with Crippen LogP contribution in [0, 0.1) is 0 Å². The van der Waals surface area contributed by atoms with Crippen molar-refractivity contribution in [2.24, 2.45) is 0 Å². The smallest absolute Gasteiger partial charge is 0.253 e. The Labute approximate surface area is 155 Å². The van der Waals surface area contributed by atoms with Gasteiger partial charge in [-0.15, -0.1) is 0 Å². The van der Waals surface area contributed by atoms with Crippen LogP contribution in [0.4, 0.5) is 0 Å². The molecule has 0 atom stereocenters. The van der Waals surface area contributed by atoms with E-state index in [-0.39, 0.29) is 11.3 Å². The summed E-state index contributed by atoms with van der Waals surface area (Å²) in [5.74, 6) is 0.620. The number of nitrogens with one attached hydrogen (secondary N) is 1. The van der Waals surface area contributed by atoms with Gasteiger partial charge < -0.3 is 14.3 Å². The van der Waals surface area contributed by atoms with Gasteiger partial charge in [0.2, 0.25) is 5.78 Å². The van der Waals surface area contributed by atoms with Gasteiger partial charge >= 0.3 is 0 Å². The monoisotopic (exact) mass is 358 g/mol. The molecule has 0 aliphatic heterocycles. The number of fused-ring (bicyclic) bond motifs is 1. The number of aromatic nitrogens is 2. The van der Waals surface area contributed by atoms with E-state index in [1.165, 1.54) is 0 Å². The number of carbonyl (C=O) groups is 1. The van der Waals surface area contributed by atoms with Gasteiger partial charge in [-0.25, -0.2) is 0 Å². The summed E-state index contributed by atoms with van der Waals surface area (Å²) in [6.45, 7) is 0.318. The first-order valence-electron chi connectivity index (χ1n) is 8.60. The van der Waals surface area contributed by atoms with Crippen molar-refractivity contribution in [2.45, 2.75) is 6.54 Å². The van der Waals surface area contributed by atoms with Crippen molar-refractivity contribution >= 4 is 16.7 Å². The molecular formula is C22H18N2O3. The zero-order valence-electron chi connectivity index (χ0n) is 14.8. The van der Waals surface area contributed by atoms with E-state index in [2.05, 4.69) is 4.98 Å². The minimum atomic E-state index is -0.178. The van der Waals surface area contributed by atoms with E-state index in [0.717, 1.165) is 10.9 Å². The van der Waals surface area contributed by atoms with Crippen LogP contribution in [0.5, 0.6) is 5.75 Å². The maximum Gasteiger partial charge on any atom is 0.253 e. The predicted octanol–water partition coefficient (Wildman–Crippen LogP) is 3.62. The van der Waals surface area contributed by atoms with Crippen LogP contribution in [0.2, 0.25) is 0 Å². The third-order valence-corrected chi connectivity index (χ3v) is 4.57. The van der Waals surface area contributed by atoms with Crippen LogP contribution in [-0.4, -0.2) is 22.4 Å². The average Bonchev–Trinajstić information content (AvgIpc) is 3.16. The number of aromatic amines is 1. The SMILES string of the molecule is COc1ccc2cc(Cn3cccc3C(=O)c3ccccc3)c(=O)[nH]c2c1. The highest BCUT2D eigenvalue weighted by Gasteiger charge is 2.14. The van der Waals surface area contributed by atoms with Gasteiger partial charge in [-0.3, -0.25) is 9.59 Å². The second kappa shape index (κ2) is 6.96. The Balaban J connectivity index is 1.69. The Bertz CT molecular complexity index is 1170. The molecule has 2 aromatic carbocycles. The van der Waals surface area contributed by atoms with Gasteiger partial charge in [-0.2, -0.15) is 0 Å². The lowest BCUT2D eigenvalue weighted by Crippen LogP contribution is -2.18. The molecule has 0 spiro atoms. The standard InChI is InChI=1S/C22H18N2O3/c1-27-18-10-9-16-12-17(22(26)23-19(16)13-18)14-24-11-5-8-20(24)21(25)15-6-3-2-4-7-15/h2-13H,14H2,1H3,(H,23,26). The number of nitrogens with zero attached hydrogens (tertiary/aromatic N) is 1. The van der Waals surface area contributed by atoms with Gasteiger partial charge in [0, 0.05) is 23.4 Å². The fourth-order valence-corrected chi connectivity index (χ4v) is 3.15. The van der Waals surface area contributed by atoms with Crippen molar-refractivity contribution in [3.63, 3.8) is 0 Å². The van der Waals surface area contributed by atoms with Crippen LogP contribution >= 0.6 is 0 Å². The third-order valence-electron chi connectivity index (χ3n) is 4.57. The Hall–Kier alpha value is -3.60. The molecular weight excluding hydrogens is 340 g/mol. The Kier molecular flexibility index (Phi) is 4.34. The highest BCUT2D eigenvalue weighted by atomic mass is 16.5. The fraction of sp³-hybridized carbons (Fsp3) is 0.0909. The molecule has 0 saturated heterocycles. The molecule has 134 valence electrons. The number of hydrogen-bond acceptors (Lipinski definition) is 3. The number of hydrogen-bond donors (Lipinski definition) is 1. The number of carbonyl (C=O) groups excluding carboxylic acids is 1. The number of H-pyrrole nitrogens is 1. The minimum absolute atomic E-state index is 0.0671. The van der Waals surface area contributed by atoms with Gasteiger partial charge in [0.25, 0.3) is 5.56 Å². The molecule has 2 heterocycles. The predicted molar refractivity (Wildman–Crippen MR) is 105 cm³/mol. The van der Waals surface area contributed by atoms with Crippen molar-refractivity contribution in [2.75, 3.05) is 7.11 Å². The molecule has 5 nitrogen and oxygen atoms in total. The summed E-state index contributed by atoms with van der Waals surface area (Å²) in [5.41, 5.74) is 2.30. The second-order valence-corrected chi connectivity index (χ2v) is 6.29. The van der Waals surface area contributed by atoms with Gasteiger partial charge in [0.15, 0.2) is 0 Å². The molecule has 27 heavy (non-hydrogen) atoms. The zero-order valence-corrected chi connectivity index (χ0v) is 14.8. The van der Waals surface area contributed by atoms with E-state index in [9.17, 15) is 9.59 Å². The highest BCUT2D eigenvalue weighted by Crippen LogP contribution is 2.19. The van der Waals surface area contributed by atoms with Gasteiger partial charge in [0.1, 0.15) is 5.75 Å². The number of ether oxygens (including phenoxy) is 1. The molecule has 0 amide bonds. The Morgan fingerprint density at radius 2 is 1.85 bits per heavy atom. The first kappa shape index (κ1) is 16.8. The van der Waals surface area contributed by atoms with Crippen molar-refractivity contribution in [3.8, 4) is 5.75 Å². The highest BCUT2D eigenvalue weighted by molar-refractivity contribution is 6.08. The van der Waals surface area contributed by atoms with Crippen LogP contribution in [0.15, 0.2) is 77.7 Å². The molecule has 0 fully saturated rings. The number of pyridine rings is 1. The van der Waals surface area contributed by atoms with Crippen LogP contribution in [-0.2, 0) is 6.54 Å². The average molecular weight is 358 g/mol. The Morgan fingerprint density at radius 3 is 2.63 bits per heavy atom. The zero-order chi connectivity index (χ0) is 18.8. The molecule has 0 aliphatic rings. The minimum Gasteiger partial charge on any atom is -0.497 e. The summed E-state index contributed by atoms with van der Waals surface area (Å²) in [4.78, 5) is 28.2. The summed E-state index contributed by atoms with van der Waals surface area (Å²) < 4.78 is 7.00. The third kappa shape index (κ3) is 3.27. The van der Waals surface area contributed by atoms with E-state index in [0.29, 0.717) is 29.1 Å². The summed E-state index contributed by atoms with van der Waals surface area (Å²) in [7, 11) is 1.59. The van der Waals surface area contributed by atoms with Crippen molar-refractivity contribution < 1.29 is 9.53 Å². The molecule has 4 aromatic rings. The van der Waals surface area contributed by atoms with E-state index in [1.807, 2.05) is 48.7 Å². The summed E-state index contributed by atoms with van der Waals surface area (Å²) in [6, 6.07) is 20.1. The second-order valence-electron chi connectivity index (χ2n) is 6.29. The molecule has 0 unspecified atom stereocenters. The van der Waals surface area contributed by atoms with Crippen LogP contribution < -0.4 is 10.3 Å². The quantitative estimate of drug-likeness (QED) is 0.554. The molecule has 5 heteroatoms. The van der Waals surface area contributed by atoms with E-state index < -0.39 is 0 Å². The number of methoxy groups -OCH3 is 1. The van der Waals surface area contributed by atoms with Crippen molar-refractivity contribution in [1.82, 2.24) is 9.55 Å². The number of benzene rings is 2. The first-order valence-corrected chi connectivity index (χ1v) is 8.60. The summed E-state index contributed by atoms with van der Waals surface area (Å²) in [5, 5.41) is 0.911. The molecule has 0 saturated carbocycles. The lowest BCUT2D eigenvalue weighted by molar-refractivity contribution is 0.103. The van der Waals surface area contributed by atoms with Crippen LogP contribution in [0.1, 0.15) is 21.6 Å². The van der Waals surface area contributed by atoms with Crippen LogP contribution in [0.3, 0.4) is 0 Å². The molecule has 0 radical (unpaired) electrons. The van der Waals surface area contributed by atoms with Gasteiger partial charge in [-0.05, 0) is 35.7 Å². The van der Waals surface area contributed by atoms with Gasteiger partial charge in [0.05, 0.1) is 24.9 Å². The topological polar surface area (TPSA) is 64.1 Å². The van der Waals surface area contributed by atoms with E-state index in [4.69, 9.17) is 4.74 Å². The molecule has 0 bridgehead atoms. The summed E-state index contributed by atoms with van der Waals surface area (Å²) >= 11 is 0. The van der Waals surface area contributed by atoms with E-state index in [1.54, 1.807) is 35.9 Å². The number of rotatable bonds is 5. The summed E-state index contributed by atoms with van der Waals surface area (Å²) in [6.07, 6.45) is 1.81.